The van der Waals surface area contributed by atoms with Gasteiger partial charge in [-0.1, -0.05) is 30.0 Å². The van der Waals surface area contributed by atoms with Gasteiger partial charge in [0.15, 0.2) is 5.16 Å². The average Bonchev–Trinajstić information content (AvgIpc) is 3.23. The van der Waals surface area contributed by atoms with Gasteiger partial charge in [-0.2, -0.15) is 5.10 Å². The van der Waals surface area contributed by atoms with Crippen LogP contribution in [0.2, 0.25) is 0 Å². The lowest BCUT2D eigenvalue weighted by Crippen LogP contribution is -2.24. The third kappa shape index (κ3) is 4.62. The van der Waals surface area contributed by atoms with Crippen molar-refractivity contribution in [2.75, 3.05) is 5.75 Å². The van der Waals surface area contributed by atoms with E-state index < -0.39 is 0 Å². The molecule has 0 aliphatic heterocycles. The fourth-order valence-electron chi connectivity index (χ4n) is 3.99. The summed E-state index contributed by atoms with van der Waals surface area (Å²) in [7, 11) is 0. The number of benzene rings is 2. The second kappa shape index (κ2) is 9.82. The van der Waals surface area contributed by atoms with E-state index in [1.807, 2.05) is 30.3 Å². The number of thiophene rings is 1. The van der Waals surface area contributed by atoms with Gasteiger partial charge in [-0.25, -0.2) is 10.4 Å². The van der Waals surface area contributed by atoms with E-state index in [1.165, 1.54) is 22.9 Å². The quantitative estimate of drug-likeness (QED) is 0.182. The Morgan fingerprint density at radius 3 is 2.71 bits per heavy atom. The minimum atomic E-state index is -0.306. The fraction of sp³-hybridized carbons (Fsp3) is 0.200. The number of thioether (sulfide) groups is 1. The number of hydrogen-bond acceptors (Lipinski definition) is 7. The number of hydrazone groups is 1. The van der Waals surface area contributed by atoms with Gasteiger partial charge in [-0.05, 0) is 73.2 Å². The maximum Gasteiger partial charge on any atom is 0.267 e. The molecule has 172 valence electrons. The van der Waals surface area contributed by atoms with Crippen molar-refractivity contribution in [1.82, 2.24) is 15.0 Å². The maximum absolute atomic E-state index is 13.7. The van der Waals surface area contributed by atoms with Crippen LogP contribution in [0.5, 0.6) is 5.75 Å². The van der Waals surface area contributed by atoms with Gasteiger partial charge in [0.05, 0.1) is 23.0 Å². The zero-order valence-corrected chi connectivity index (χ0v) is 19.9. The second-order valence-corrected chi connectivity index (χ2v) is 9.96. The molecule has 2 heterocycles. The monoisotopic (exact) mass is 490 g/mol. The average molecular weight is 491 g/mol. The molecule has 0 saturated carbocycles. The number of phenols is 1. The molecule has 0 unspecified atom stereocenters. The van der Waals surface area contributed by atoms with Crippen LogP contribution >= 0.6 is 23.1 Å². The Morgan fingerprint density at radius 2 is 1.91 bits per heavy atom. The summed E-state index contributed by atoms with van der Waals surface area (Å²) >= 11 is 2.81. The van der Waals surface area contributed by atoms with Gasteiger partial charge in [0.25, 0.3) is 11.5 Å². The van der Waals surface area contributed by atoms with Gasteiger partial charge in [0.2, 0.25) is 0 Å². The molecule has 0 bridgehead atoms. The molecule has 0 radical (unpaired) electrons. The zero-order valence-electron chi connectivity index (χ0n) is 18.2. The summed E-state index contributed by atoms with van der Waals surface area (Å²) in [5, 5.41) is 14.5. The fourth-order valence-corrected chi connectivity index (χ4v) is 6.10. The number of hydrogen-bond donors (Lipinski definition) is 2. The summed E-state index contributed by atoms with van der Waals surface area (Å²) in [6.45, 7) is 0. The number of fused-ring (bicyclic) bond motifs is 3. The Hall–Kier alpha value is -3.43. The molecule has 2 aromatic heterocycles. The topological polar surface area (TPSA) is 96.6 Å². The van der Waals surface area contributed by atoms with Crippen LogP contribution in [0.1, 0.15) is 28.8 Å². The highest BCUT2D eigenvalue weighted by atomic mass is 32.2. The van der Waals surface area contributed by atoms with Crippen molar-refractivity contribution in [3.05, 3.63) is 81.0 Å². The molecule has 34 heavy (non-hydrogen) atoms. The first-order chi connectivity index (χ1) is 16.6. The van der Waals surface area contributed by atoms with E-state index in [1.54, 1.807) is 40.2 Å². The Balaban J connectivity index is 1.41. The molecule has 1 aliphatic carbocycles. The van der Waals surface area contributed by atoms with Crippen molar-refractivity contribution >= 4 is 45.4 Å². The van der Waals surface area contributed by atoms with Gasteiger partial charge in [0, 0.05) is 4.88 Å². The van der Waals surface area contributed by atoms with Crippen molar-refractivity contribution in [3.8, 4) is 11.4 Å². The molecular weight excluding hydrogens is 468 g/mol. The molecule has 2 aromatic carbocycles. The number of carbonyl (C=O) groups is 1. The number of para-hydroxylation sites is 1. The van der Waals surface area contributed by atoms with E-state index in [4.69, 9.17) is 4.98 Å². The minimum absolute atomic E-state index is 0.0583. The molecule has 0 fully saturated rings. The second-order valence-electron chi connectivity index (χ2n) is 7.93. The molecule has 7 nitrogen and oxygen atoms in total. The lowest BCUT2D eigenvalue weighted by atomic mass is 9.97. The number of nitrogens with one attached hydrogen (secondary N) is 1. The largest absolute Gasteiger partial charge is 0.508 e. The number of aryl methyl sites for hydroxylation is 2. The van der Waals surface area contributed by atoms with Crippen LogP contribution < -0.4 is 11.0 Å². The summed E-state index contributed by atoms with van der Waals surface area (Å²) in [5.41, 5.74) is 5.04. The van der Waals surface area contributed by atoms with Crippen LogP contribution in [0.4, 0.5) is 0 Å². The predicted molar refractivity (Wildman–Crippen MR) is 136 cm³/mol. The Morgan fingerprint density at radius 1 is 1.15 bits per heavy atom. The lowest BCUT2D eigenvalue weighted by molar-refractivity contribution is -0.118. The predicted octanol–water partition coefficient (Wildman–Crippen LogP) is 4.27. The van der Waals surface area contributed by atoms with E-state index >= 15 is 0 Å². The van der Waals surface area contributed by atoms with Crippen LogP contribution in [-0.4, -0.2) is 32.5 Å². The van der Waals surface area contributed by atoms with Gasteiger partial charge in [0.1, 0.15) is 10.6 Å². The summed E-state index contributed by atoms with van der Waals surface area (Å²) in [4.78, 5) is 32.9. The first kappa shape index (κ1) is 22.4. The van der Waals surface area contributed by atoms with Crippen molar-refractivity contribution in [2.45, 2.75) is 30.8 Å². The number of amides is 1. The smallest absolute Gasteiger partial charge is 0.267 e. The van der Waals surface area contributed by atoms with Crippen molar-refractivity contribution in [2.24, 2.45) is 5.10 Å². The molecule has 0 saturated heterocycles. The number of aromatic hydroxyl groups is 1. The van der Waals surface area contributed by atoms with Crippen molar-refractivity contribution in [1.29, 1.82) is 0 Å². The summed E-state index contributed by atoms with van der Waals surface area (Å²) < 4.78 is 1.61. The number of carbonyl (C=O) groups excluding carboxylic acids is 1. The third-order valence-corrected chi connectivity index (χ3v) is 7.73. The lowest BCUT2D eigenvalue weighted by Gasteiger charge is -2.13. The van der Waals surface area contributed by atoms with Crippen LogP contribution in [0, 0.1) is 0 Å². The molecule has 5 rings (SSSR count). The number of rotatable bonds is 6. The Kier molecular flexibility index (Phi) is 6.46. The first-order valence-electron chi connectivity index (χ1n) is 11.0. The molecule has 0 atom stereocenters. The Labute approximate surface area is 204 Å². The van der Waals surface area contributed by atoms with Gasteiger partial charge < -0.3 is 5.11 Å². The maximum atomic E-state index is 13.7. The van der Waals surface area contributed by atoms with E-state index in [0.29, 0.717) is 5.16 Å². The van der Waals surface area contributed by atoms with Crippen molar-refractivity contribution < 1.29 is 9.90 Å². The Bertz CT molecular complexity index is 1430. The molecule has 1 aliphatic rings. The zero-order chi connectivity index (χ0) is 23.5. The van der Waals surface area contributed by atoms with Gasteiger partial charge >= 0.3 is 0 Å². The molecule has 1 amide bonds. The van der Waals surface area contributed by atoms with Gasteiger partial charge in [-0.3, -0.25) is 14.2 Å². The van der Waals surface area contributed by atoms with E-state index in [-0.39, 0.29) is 23.0 Å². The highest BCUT2D eigenvalue weighted by Crippen LogP contribution is 2.35. The highest BCUT2D eigenvalue weighted by molar-refractivity contribution is 7.99. The van der Waals surface area contributed by atoms with Crippen molar-refractivity contribution in [3.63, 3.8) is 0 Å². The highest BCUT2D eigenvalue weighted by Gasteiger charge is 2.23. The molecule has 2 N–H and O–H groups in total. The number of phenolic OH excluding ortho intramolecular Hbond substituents is 1. The van der Waals surface area contributed by atoms with E-state index in [2.05, 4.69) is 10.5 Å². The normalized spacial score (nSPS) is 13.3. The van der Waals surface area contributed by atoms with E-state index in [0.717, 1.165) is 52.7 Å². The SMILES string of the molecule is O=C(CSc1nc2sc3c(c2c(=O)n1-c1ccccc1)CCCC3)N/N=C/c1ccc(O)cc1. The minimum Gasteiger partial charge on any atom is -0.508 e. The molecule has 9 heteroatoms. The number of nitrogens with zero attached hydrogens (tertiary/aromatic N) is 3. The molecule has 0 spiro atoms. The van der Waals surface area contributed by atoms with Crippen LogP contribution in [0.25, 0.3) is 15.9 Å². The van der Waals surface area contributed by atoms with Gasteiger partial charge in [-0.15, -0.1) is 11.3 Å². The molecular formula is C25H22N4O3S2. The summed E-state index contributed by atoms with van der Waals surface area (Å²) in [6, 6.07) is 15.9. The molecule has 4 aromatic rings. The number of aromatic nitrogens is 2. The standard InChI is InChI=1S/C25H22N4O3S2/c30-18-12-10-16(11-13-18)14-26-28-21(31)15-33-25-27-23-22(19-8-4-5-9-20(19)34-23)24(32)29(25)17-6-2-1-3-7-17/h1-3,6-7,10-14,30H,4-5,8-9,15H2,(H,28,31)/b26-14+. The van der Waals surface area contributed by atoms with E-state index in [9.17, 15) is 14.7 Å². The first-order valence-corrected chi connectivity index (χ1v) is 12.8. The van der Waals surface area contributed by atoms with Crippen LogP contribution in [0.15, 0.2) is 69.6 Å². The summed E-state index contributed by atoms with van der Waals surface area (Å²) in [6.07, 6.45) is 5.63. The third-order valence-electron chi connectivity index (χ3n) is 5.60. The summed E-state index contributed by atoms with van der Waals surface area (Å²) in [5.74, 6) is -0.0828. The van der Waals surface area contributed by atoms with Crippen LogP contribution in [0.3, 0.4) is 0 Å². The van der Waals surface area contributed by atoms with Crippen LogP contribution in [-0.2, 0) is 17.6 Å².